The fourth-order valence-corrected chi connectivity index (χ4v) is 4.49. The molecule has 0 N–H and O–H groups in total. The second-order valence-corrected chi connectivity index (χ2v) is 8.04. The monoisotopic (exact) mass is 417 g/mol. The Morgan fingerprint density at radius 2 is 1.97 bits per heavy atom. The molecule has 1 atom stereocenters. The van der Waals surface area contributed by atoms with E-state index >= 15 is 0 Å². The Balaban J connectivity index is 1.52. The van der Waals surface area contributed by atoms with E-state index in [1.54, 1.807) is 9.80 Å². The van der Waals surface area contributed by atoms with Gasteiger partial charge in [-0.2, -0.15) is 5.26 Å². The lowest BCUT2D eigenvalue weighted by Gasteiger charge is -2.25. The molecule has 2 amide bonds. The van der Waals surface area contributed by atoms with Crippen molar-refractivity contribution in [3.63, 3.8) is 0 Å². The number of benzene rings is 2. The van der Waals surface area contributed by atoms with Crippen molar-refractivity contribution >= 4 is 23.2 Å². The molecule has 2 aromatic carbocycles. The van der Waals surface area contributed by atoms with Crippen molar-refractivity contribution in [1.29, 1.82) is 5.26 Å². The van der Waals surface area contributed by atoms with Crippen LogP contribution >= 0.6 is 0 Å². The Bertz CT molecular complexity index is 1010. The van der Waals surface area contributed by atoms with Gasteiger partial charge in [-0.1, -0.05) is 6.07 Å². The number of carbonyl (C=O) groups is 2. The first-order valence-corrected chi connectivity index (χ1v) is 10.9. The third kappa shape index (κ3) is 4.41. The second-order valence-electron chi connectivity index (χ2n) is 8.04. The highest BCUT2D eigenvalue weighted by Crippen LogP contribution is 2.32. The largest absolute Gasteiger partial charge is 0.494 e. The number of hydrogen-bond acceptors (Lipinski definition) is 4. The molecule has 31 heavy (non-hydrogen) atoms. The lowest BCUT2D eigenvalue weighted by Crippen LogP contribution is -2.38. The minimum Gasteiger partial charge on any atom is -0.494 e. The Morgan fingerprint density at radius 3 is 2.71 bits per heavy atom. The maximum atomic E-state index is 13.4. The molecule has 1 aliphatic carbocycles. The average molecular weight is 418 g/mol. The highest BCUT2D eigenvalue weighted by Gasteiger charge is 2.37. The van der Waals surface area contributed by atoms with Crippen LogP contribution in [0.2, 0.25) is 0 Å². The van der Waals surface area contributed by atoms with Gasteiger partial charge in [-0.25, -0.2) is 0 Å². The molecular weight excluding hydrogens is 390 g/mol. The van der Waals surface area contributed by atoms with Crippen molar-refractivity contribution in [3.8, 4) is 11.8 Å². The van der Waals surface area contributed by atoms with Crippen LogP contribution < -0.4 is 14.5 Å². The number of amides is 2. The quantitative estimate of drug-likeness (QED) is 0.685. The van der Waals surface area contributed by atoms with Crippen molar-refractivity contribution in [2.75, 3.05) is 29.5 Å². The summed E-state index contributed by atoms with van der Waals surface area (Å²) in [4.78, 5) is 29.5. The van der Waals surface area contributed by atoms with E-state index in [9.17, 15) is 9.59 Å². The van der Waals surface area contributed by atoms with Crippen LogP contribution in [-0.4, -0.2) is 31.5 Å². The van der Waals surface area contributed by atoms with Gasteiger partial charge in [-0.15, -0.1) is 0 Å². The summed E-state index contributed by atoms with van der Waals surface area (Å²) in [5.74, 6) is 0.170. The van der Waals surface area contributed by atoms with Gasteiger partial charge in [0.05, 0.1) is 25.0 Å². The third-order valence-corrected chi connectivity index (χ3v) is 6.04. The molecule has 0 aromatic heterocycles. The van der Waals surface area contributed by atoms with Gasteiger partial charge in [-0.05, 0) is 73.7 Å². The molecule has 1 saturated heterocycles. The number of hydrogen-bond donors (Lipinski definition) is 0. The molecule has 1 fully saturated rings. The van der Waals surface area contributed by atoms with Crippen molar-refractivity contribution in [2.45, 2.75) is 39.0 Å². The van der Waals surface area contributed by atoms with Crippen LogP contribution in [0.3, 0.4) is 0 Å². The van der Waals surface area contributed by atoms with E-state index in [-0.39, 0.29) is 24.7 Å². The predicted octanol–water partition coefficient (Wildman–Crippen LogP) is 3.87. The lowest BCUT2D eigenvalue weighted by molar-refractivity contribution is -0.124. The number of carbonyl (C=O) groups excluding carboxylic acids is 2. The van der Waals surface area contributed by atoms with Crippen LogP contribution in [0.25, 0.3) is 0 Å². The van der Waals surface area contributed by atoms with E-state index in [1.165, 1.54) is 11.1 Å². The van der Waals surface area contributed by atoms with Crippen LogP contribution in [0.15, 0.2) is 42.5 Å². The number of rotatable bonds is 7. The molecule has 1 unspecified atom stereocenters. The van der Waals surface area contributed by atoms with Gasteiger partial charge in [0.2, 0.25) is 11.8 Å². The molecule has 6 nitrogen and oxygen atoms in total. The summed E-state index contributed by atoms with van der Waals surface area (Å²) in [6.45, 7) is 3.16. The Hall–Kier alpha value is -3.33. The molecule has 6 heteroatoms. The van der Waals surface area contributed by atoms with Gasteiger partial charge >= 0.3 is 0 Å². The first-order chi connectivity index (χ1) is 15.1. The zero-order valence-electron chi connectivity index (χ0n) is 17.8. The molecule has 1 heterocycles. The van der Waals surface area contributed by atoms with Crippen LogP contribution in [0.5, 0.6) is 5.75 Å². The zero-order valence-corrected chi connectivity index (χ0v) is 17.8. The van der Waals surface area contributed by atoms with Gasteiger partial charge < -0.3 is 14.5 Å². The lowest BCUT2D eigenvalue weighted by atomic mass is 10.1. The second kappa shape index (κ2) is 9.22. The SMILES string of the molecule is CCOc1ccc(N(CCC#N)C(=O)C2CC(=O)N(c3ccc4c(c3)CCC4)C2)cc1. The summed E-state index contributed by atoms with van der Waals surface area (Å²) in [7, 11) is 0. The maximum absolute atomic E-state index is 13.4. The van der Waals surface area contributed by atoms with E-state index in [2.05, 4.69) is 18.2 Å². The molecule has 0 saturated carbocycles. The van der Waals surface area contributed by atoms with Crippen LogP contribution in [-0.2, 0) is 22.4 Å². The summed E-state index contributed by atoms with van der Waals surface area (Å²) >= 11 is 0. The van der Waals surface area contributed by atoms with Crippen LogP contribution in [0, 0.1) is 17.2 Å². The number of nitrogens with zero attached hydrogens (tertiary/aromatic N) is 3. The summed E-state index contributed by atoms with van der Waals surface area (Å²) in [5, 5.41) is 9.06. The minimum atomic E-state index is -0.425. The number of nitriles is 1. The Kier molecular flexibility index (Phi) is 6.22. The first kappa shape index (κ1) is 20.9. The Labute approximate surface area is 183 Å². The van der Waals surface area contributed by atoms with E-state index in [0.29, 0.717) is 25.4 Å². The van der Waals surface area contributed by atoms with Gasteiger partial charge in [-0.3, -0.25) is 9.59 Å². The molecular formula is C25H27N3O3. The topological polar surface area (TPSA) is 73.6 Å². The fraction of sp³-hybridized carbons (Fsp3) is 0.400. The van der Waals surface area contributed by atoms with Crippen LogP contribution in [0.4, 0.5) is 11.4 Å². The fourth-order valence-electron chi connectivity index (χ4n) is 4.49. The molecule has 0 bridgehead atoms. The van der Waals surface area contributed by atoms with Crippen LogP contribution in [0.1, 0.15) is 37.3 Å². The van der Waals surface area contributed by atoms with E-state index in [4.69, 9.17) is 10.00 Å². The number of anilines is 2. The Morgan fingerprint density at radius 1 is 1.19 bits per heavy atom. The van der Waals surface area contributed by atoms with Crippen molar-refractivity contribution < 1.29 is 14.3 Å². The number of fused-ring (bicyclic) bond motifs is 1. The van der Waals surface area contributed by atoms with E-state index in [0.717, 1.165) is 30.7 Å². The maximum Gasteiger partial charge on any atom is 0.232 e. The molecule has 1 aliphatic heterocycles. The summed E-state index contributed by atoms with van der Waals surface area (Å²) in [5.41, 5.74) is 4.27. The molecule has 160 valence electrons. The number of aryl methyl sites for hydroxylation is 2. The summed E-state index contributed by atoms with van der Waals surface area (Å²) in [6, 6.07) is 15.6. The zero-order chi connectivity index (χ0) is 21.8. The van der Waals surface area contributed by atoms with Crippen molar-refractivity contribution in [3.05, 3.63) is 53.6 Å². The molecule has 0 radical (unpaired) electrons. The normalized spacial score (nSPS) is 17.4. The van der Waals surface area contributed by atoms with E-state index in [1.807, 2.05) is 37.3 Å². The summed E-state index contributed by atoms with van der Waals surface area (Å²) in [6.07, 6.45) is 3.72. The first-order valence-electron chi connectivity index (χ1n) is 10.9. The predicted molar refractivity (Wildman–Crippen MR) is 119 cm³/mol. The number of ether oxygens (including phenoxy) is 1. The highest BCUT2D eigenvalue weighted by molar-refractivity contribution is 6.04. The van der Waals surface area contributed by atoms with Crippen molar-refractivity contribution in [2.24, 2.45) is 5.92 Å². The molecule has 4 rings (SSSR count). The molecule has 0 spiro atoms. The third-order valence-electron chi connectivity index (χ3n) is 6.04. The van der Waals surface area contributed by atoms with Crippen molar-refractivity contribution in [1.82, 2.24) is 0 Å². The highest BCUT2D eigenvalue weighted by atomic mass is 16.5. The van der Waals surface area contributed by atoms with Gasteiger partial charge in [0.25, 0.3) is 0 Å². The van der Waals surface area contributed by atoms with E-state index < -0.39 is 5.92 Å². The van der Waals surface area contributed by atoms with Gasteiger partial charge in [0.1, 0.15) is 5.75 Å². The molecule has 2 aliphatic rings. The summed E-state index contributed by atoms with van der Waals surface area (Å²) < 4.78 is 5.48. The minimum absolute atomic E-state index is 0.0248. The molecule has 2 aromatic rings. The average Bonchev–Trinajstić information content (AvgIpc) is 3.41. The standard InChI is InChI=1S/C25H27N3O3/c1-2-31-23-11-9-21(10-12-23)27(14-4-13-26)25(30)20-16-24(29)28(17-20)22-8-7-18-5-3-6-19(18)15-22/h7-12,15,20H,2-6,14,16-17H2,1H3. The smallest absolute Gasteiger partial charge is 0.232 e. The van der Waals surface area contributed by atoms with Gasteiger partial charge in [0.15, 0.2) is 0 Å². The van der Waals surface area contributed by atoms with Gasteiger partial charge in [0, 0.05) is 30.9 Å².